The monoisotopic (exact) mass is 306 g/mol. The van der Waals surface area contributed by atoms with Crippen LogP contribution in [0.15, 0.2) is 0 Å². The minimum atomic E-state index is 0.579. The number of anilines is 1. The third-order valence-electron chi connectivity index (χ3n) is 5.95. The summed E-state index contributed by atoms with van der Waals surface area (Å²) in [5.74, 6) is 2.97. The van der Waals surface area contributed by atoms with Crippen LogP contribution >= 0.6 is 12.2 Å². The van der Waals surface area contributed by atoms with Gasteiger partial charge in [-0.25, -0.2) is 5.10 Å². The van der Waals surface area contributed by atoms with Gasteiger partial charge < -0.3 is 4.90 Å². The van der Waals surface area contributed by atoms with Gasteiger partial charge in [-0.15, -0.1) is 5.10 Å². The lowest BCUT2D eigenvalue weighted by Gasteiger charge is -2.41. The third kappa shape index (κ3) is 2.54. The van der Waals surface area contributed by atoms with E-state index < -0.39 is 0 Å². The molecule has 2 aliphatic carbocycles. The van der Waals surface area contributed by atoms with Gasteiger partial charge in [0.25, 0.3) is 0 Å². The quantitative estimate of drug-likeness (QED) is 0.837. The van der Waals surface area contributed by atoms with Gasteiger partial charge in [0.1, 0.15) is 0 Å². The Kier molecular flexibility index (Phi) is 3.78. The number of hydrogen-bond donors (Lipinski definition) is 1. The summed E-state index contributed by atoms with van der Waals surface area (Å²) in [5, 5.41) is 7.65. The highest BCUT2D eigenvalue weighted by Crippen LogP contribution is 2.38. The van der Waals surface area contributed by atoms with E-state index in [1.807, 2.05) is 0 Å². The van der Waals surface area contributed by atoms with E-state index in [1.165, 1.54) is 64.3 Å². The predicted molar refractivity (Wildman–Crippen MR) is 87.2 cm³/mol. The Balaban J connectivity index is 1.57. The molecule has 4 nitrogen and oxygen atoms in total. The highest BCUT2D eigenvalue weighted by molar-refractivity contribution is 7.71. The Bertz CT molecular complexity index is 543. The Hall–Kier alpha value is -0.840. The van der Waals surface area contributed by atoms with Gasteiger partial charge in [-0.2, -0.15) is 0 Å². The molecule has 1 aliphatic heterocycles. The maximum atomic E-state index is 5.51. The van der Waals surface area contributed by atoms with Gasteiger partial charge in [-0.3, -0.25) is 4.57 Å². The summed E-state index contributed by atoms with van der Waals surface area (Å²) in [7, 11) is 0. The zero-order valence-corrected chi connectivity index (χ0v) is 13.6. The van der Waals surface area contributed by atoms with Crippen LogP contribution in [0.1, 0.15) is 63.8 Å². The first kappa shape index (κ1) is 13.8. The van der Waals surface area contributed by atoms with E-state index in [4.69, 9.17) is 12.2 Å². The largest absolute Gasteiger partial charge is 0.341 e. The second-order valence-electron chi connectivity index (χ2n) is 7.18. The molecule has 116 valence electrons. The number of aromatic nitrogens is 3. The lowest BCUT2D eigenvalue weighted by molar-refractivity contribution is 0.200. The third-order valence-corrected chi connectivity index (χ3v) is 6.24. The van der Waals surface area contributed by atoms with E-state index in [9.17, 15) is 0 Å². The summed E-state index contributed by atoms with van der Waals surface area (Å²) in [5.41, 5.74) is 0. The molecule has 3 aliphatic rings. The molecule has 1 N–H and O–H groups in total. The Labute approximate surface area is 131 Å². The fourth-order valence-electron chi connectivity index (χ4n) is 4.79. The van der Waals surface area contributed by atoms with Crippen LogP contribution in [0.2, 0.25) is 0 Å². The van der Waals surface area contributed by atoms with Crippen LogP contribution in [0, 0.1) is 16.6 Å². The maximum Gasteiger partial charge on any atom is 0.225 e. The molecule has 21 heavy (non-hydrogen) atoms. The van der Waals surface area contributed by atoms with Crippen LogP contribution in [0.25, 0.3) is 0 Å². The van der Waals surface area contributed by atoms with E-state index in [2.05, 4.69) is 19.7 Å². The first-order valence-electron chi connectivity index (χ1n) is 8.75. The average Bonchev–Trinajstić information content (AvgIpc) is 3.15. The van der Waals surface area contributed by atoms with Crippen LogP contribution in [0.5, 0.6) is 0 Å². The second kappa shape index (κ2) is 5.75. The highest BCUT2D eigenvalue weighted by atomic mass is 32.1. The van der Waals surface area contributed by atoms with E-state index >= 15 is 0 Å². The number of piperidine rings is 1. The molecule has 3 fully saturated rings. The van der Waals surface area contributed by atoms with Crippen LogP contribution < -0.4 is 4.90 Å². The lowest BCUT2D eigenvalue weighted by atomic mass is 9.75. The smallest absolute Gasteiger partial charge is 0.225 e. The minimum Gasteiger partial charge on any atom is -0.341 e. The first-order valence-corrected chi connectivity index (χ1v) is 9.15. The van der Waals surface area contributed by atoms with Crippen molar-refractivity contribution in [3.63, 3.8) is 0 Å². The lowest BCUT2D eigenvalue weighted by Crippen LogP contribution is -2.43. The number of fused-ring (bicyclic) bond motifs is 1. The van der Waals surface area contributed by atoms with Crippen LogP contribution in [0.3, 0.4) is 0 Å². The molecule has 2 atom stereocenters. The Morgan fingerprint density at radius 3 is 2.48 bits per heavy atom. The van der Waals surface area contributed by atoms with Crippen molar-refractivity contribution in [3.8, 4) is 0 Å². The summed E-state index contributed by atoms with van der Waals surface area (Å²) in [6.07, 6.45) is 12.3. The molecule has 0 spiro atoms. The predicted octanol–water partition coefficient (Wildman–Crippen LogP) is 4.07. The number of aromatic amines is 1. The molecule has 5 heteroatoms. The molecular weight excluding hydrogens is 280 g/mol. The molecule has 2 unspecified atom stereocenters. The maximum absolute atomic E-state index is 5.51. The Morgan fingerprint density at radius 1 is 0.952 bits per heavy atom. The molecule has 1 saturated heterocycles. The summed E-state index contributed by atoms with van der Waals surface area (Å²) < 4.78 is 3.15. The van der Waals surface area contributed by atoms with E-state index in [-0.39, 0.29) is 0 Å². The van der Waals surface area contributed by atoms with E-state index in [1.54, 1.807) is 0 Å². The number of nitrogens with zero attached hydrogens (tertiary/aromatic N) is 3. The van der Waals surface area contributed by atoms with E-state index in [0.717, 1.165) is 29.1 Å². The van der Waals surface area contributed by atoms with Crippen molar-refractivity contribution >= 4 is 18.2 Å². The van der Waals surface area contributed by atoms with Crippen molar-refractivity contribution in [2.75, 3.05) is 18.0 Å². The van der Waals surface area contributed by atoms with Crippen molar-refractivity contribution in [1.29, 1.82) is 0 Å². The molecular formula is C16H26N4S. The first-order chi connectivity index (χ1) is 10.3. The zero-order valence-electron chi connectivity index (χ0n) is 12.8. The van der Waals surface area contributed by atoms with Gasteiger partial charge in [0.15, 0.2) is 4.77 Å². The van der Waals surface area contributed by atoms with Gasteiger partial charge in [-0.1, -0.05) is 32.1 Å². The van der Waals surface area contributed by atoms with Gasteiger partial charge in [0.05, 0.1) is 0 Å². The molecule has 0 aromatic carbocycles. The molecule has 0 bridgehead atoms. The molecule has 2 saturated carbocycles. The summed E-state index contributed by atoms with van der Waals surface area (Å²) >= 11 is 5.51. The fourth-order valence-corrected chi connectivity index (χ4v) is 5.07. The van der Waals surface area contributed by atoms with Crippen molar-refractivity contribution < 1.29 is 0 Å². The molecule has 2 heterocycles. The topological polar surface area (TPSA) is 36.9 Å². The van der Waals surface area contributed by atoms with Gasteiger partial charge >= 0.3 is 0 Å². The molecule has 0 amide bonds. The summed E-state index contributed by atoms with van der Waals surface area (Å²) in [6, 6.07) is 0.579. The minimum absolute atomic E-state index is 0.579. The van der Waals surface area contributed by atoms with Gasteiger partial charge in [0, 0.05) is 19.1 Å². The number of nitrogens with one attached hydrogen (secondary N) is 1. The fraction of sp³-hybridized carbons (Fsp3) is 0.875. The number of hydrogen-bond acceptors (Lipinski definition) is 3. The van der Waals surface area contributed by atoms with Crippen molar-refractivity contribution in [2.45, 2.75) is 63.8 Å². The normalized spacial score (nSPS) is 30.6. The number of rotatable bonds is 2. The van der Waals surface area contributed by atoms with Crippen molar-refractivity contribution in [3.05, 3.63) is 4.77 Å². The highest BCUT2D eigenvalue weighted by Gasteiger charge is 2.33. The average molecular weight is 306 g/mol. The summed E-state index contributed by atoms with van der Waals surface area (Å²) in [4.78, 5) is 2.51. The molecule has 1 aromatic heterocycles. The van der Waals surface area contributed by atoms with Crippen molar-refractivity contribution in [1.82, 2.24) is 14.8 Å². The number of H-pyrrole nitrogens is 1. The summed E-state index contributed by atoms with van der Waals surface area (Å²) in [6.45, 7) is 2.35. The second-order valence-corrected chi connectivity index (χ2v) is 7.56. The SMILES string of the molecule is S=c1[nH]nc(N2CCC3CCCCC3C2)n1C1CCCC1. The van der Waals surface area contributed by atoms with E-state index in [0.29, 0.717) is 6.04 Å². The van der Waals surface area contributed by atoms with Crippen LogP contribution in [-0.4, -0.2) is 27.9 Å². The van der Waals surface area contributed by atoms with Crippen LogP contribution in [0.4, 0.5) is 5.95 Å². The molecule has 0 radical (unpaired) electrons. The molecule has 1 aromatic rings. The van der Waals surface area contributed by atoms with Crippen molar-refractivity contribution in [2.24, 2.45) is 11.8 Å². The van der Waals surface area contributed by atoms with Gasteiger partial charge in [0.2, 0.25) is 5.95 Å². The molecule has 4 rings (SSSR count). The Morgan fingerprint density at radius 2 is 1.67 bits per heavy atom. The zero-order chi connectivity index (χ0) is 14.2. The van der Waals surface area contributed by atoms with Crippen LogP contribution in [-0.2, 0) is 0 Å². The standard InChI is InChI=1S/C16H26N4S/c21-16-18-17-15(20(16)14-7-3-4-8-14)19-10-9-12-5-1-2-6-13(12)11-19/h12-14H,1-11H2,(H,18,21). The van der Waals surface area contributed by atoms with Gasteiger partial charge in [-0.05, 0) is 49.7 Å².